The Hall–Kier alpha value is -1.59. The molecule has 1 atom stereocenters. The Kier molecular flexibility index (Phi) is 45.2. The quantitative estimate of drug-likeness (QED) is 0.0346. The van der Waals surface area contributed by atoms with E-state index in [-0.39, 0.29) is 31.1 Å². The van der Waals surface area contributed by atoms with Crippen LogP contribution < -0.4 is 0 Å². The van der Waals surface area contributed by atoms with Crippen LogP contribution in [0.25, 0.3) is 0 Å². The first kappa shape index (κ1) is 56.4. The number of esters is 3. The first-order valence-corrected chi connectivity index (χ1v) is 25.9. The van der Waals surface area contributed by atoms with Crippen LogP contribution in [0.4, 0.5) is 0 Å². The van der Waals surface area contributed by atoms with Gasteiger partial charge in [-0.05, 0) is 25.2 Å². The van der Waals surface area contributed by atoms with E-state index in [9.17, 15) is 14.4 Å². The van der Waals surface area contributed by atoms with Crippen LogP contribution in [0.15, 0.2) is 0 Å². The number of unbranched alkanes of at least 4 members (excludes halogenated alkanes) is 34. The molecule has 0 aromatic heterocycles. The van der Waals surface area contributed by atoms with Crippen molar-refractivity contribution in [1.29, 1.82) is 0 Å². The van der Waals surface area contributed by atoms with Crippen molar-refractivity contribution in [3.05, 3.63) is 0 Å². The number of carbonyl (C=O) groups is 3. The van der Waals surface area contributed by atoms with Gasteiger partial charge in [-0.15, -0.1) is 0 Å². The van der Waals surface area contributed by atoms with Crippen LogP contribution in [0.2, 0.25) is 0 Å². The minimum Gasteiger partial charge on any atom is -0.462 e. The summed E-state index contributed by atoms with van der Waals surface area (Å²) in [4.78, 5) is 37.9. The molecule has 344 valence electrons. The molecule has 0 bridgehead atoms. The fourth-order valence-electron chi connectivity index (χ4n) is 7.86. The number of ether oxygens (including phenoxy) is 3. The predicted octanol–water partition coefficient (Wildman–Crippen LogP) is 16.7. The lowest BCUT2D eigenvalue weighted by Gasteiger charge is -2.18. The van der Waals surface area contributed by atoms with E-state index in [0.29, 0.717) is 19.3 Å². The average Bonchev–Trinajstić information content (AvgIpc) is 3.21. The van der Waals surface area contributed by atoms with Gasteiger partial charge in [-0.3, -0.25) is 14.4 Å². The molecular weight excluding hydrogens is 721 g/mol. The molecule has 58 heavy (non-hydrogen) atoms. The monoisotopic (exact) mass is 821 g/mol. The number of hydrogen-bond acceptors (Lipinski definition) is 6. The molecule has 6 heteroatoms. The van der Waals surface area contributed by atoms with E-state index in [1.54, 1.807) is 0 Å². The Balaban J connectivity index is 4.26. The molecule has 0 radical (unpaired) electrons. The van der Waals surface area contributed by atoms with Gasteiger partial charge in [0.15, 0.2) is 6.10 Å². The summed E-state index contributed by atoms with van der Waals surface area (Å²) in [7, 11) is 0. The van der Waals surface area contributed by atoms with Crippen LogP contribution in [-0.2, 0) is 28.6 Å². The lowest BCUT2D eigenvalue weighted by Crippen LogP contribution is -2.30. The normalized spacial score (nSPS) is 11.9. The van der Waals surface area contributed by atoms with Crippen molar-refractivity contribution < 1.29 is 28.6 Å². The van der Waals surface area contributed by atoms with Gasteiger partial charge in [-0.1, -0.05) is 252 Å². The third-order valence-electron chi connectivity index (χ3n) is 11.8. The van der Waals surface area contributed by atoms with E-state index in [2.05, 4.69) is 27.7 Å². The fraction of sp³-hybridized carbons (Fsp3) is 0.942. The van der Waals surface area contributed by atoms with Crippen LogP contribution in [-0.4, -0.2) is 37.2 Å². The lowest BCUT2D eigenvalue weighted by molar-refractivity contribution is -0.167. The van der Waals surface area contributed by atoms with Crippen molar-refractivity contribution in [2.45, 2.75) is 297 Å². The van der Waals surface area contributed by atoms with E-state index in [4.69, 9.17) is 14.2 Å². The van der Waals surface area contributed by atoms with Gasteiger partial charge < -0.3 is 14.2 Å². The molecule has 0 heterocycles. The third-order valence-corrected chi connectivity index (χ3v) is 11.8. The summed E-state index contributed by atoms with van der Waals surface area (Å²) in [5, 5.41) is 0. The van der Waals surface area contributed by atoms with Crippen molar-refractivity contribution in [1.82, 2.24) is 0 Å². The maximum atomic E-state index is 12.7. The van der Waals surface area contributed by atoms with E-state index >= 15 is 0 Å². The second kappa shape index (κ2) is 46.5. The molecule has 0 aliphatic carbocycles. The van der Waals surface area contributed by atoms with E-state index in [0.717, 1.165) is 63.7 Å². The molecule has 0 saturated carbocycles. The third kappa shape index (κ3) is 45.5. The lowest BCUT2D eigenvalue weighted by atomic mass is 10.0. The summed E-state index contributed by atoms with van der Waals surface area (Å²) in [6.45, 7) is 8.98. The van der Waals surface area contributed by atoms with Gasteiger partial charge in [-0.25, -0.2) is 0 Å². The first-order chi connectivity index (χ1) is 28.4. The zero-order valence-corrected chi connectivity index (χ0v) is 39.5. The van der Waals surface area contributed by atoms with Crippen molar-refractivity contribution in [3.8, 4) is 0 Å². The number of carbonyl (C=O) groups excluding carboxylic acids is 3. The molecular formula is C52H100O6. The molecule has 0 fully saturated rings. The van der Waals surface area contributed by atoms with Gasteiger partial charge >= 0.3 is 17.9 Å². The van der Waals surface area contributed by atoms with Gasteiger partial charge in [-0.2, -0.15) is 0 Å². The molecule has 0 saturated heterocycles. The standard InChI is InChI=1S/C52H100O6/c1-5-7-9-11-13-15-17-19-21-22-24-26-28-32-36-40-44-51(54)57-47-49(58-52(55)45-41-37-33-29-30-34-38-42-48(3)4)46-56-50(53)43-39-35-31-27-25-23-20-18-16-14-12-10-8-6-2/h48-49H,5-47H2,1-4H3/t49-/m0/s1. The van der Waals surface area contributed by atoms with Crippen LogP contribution in [0.5, 0.6) is 0 Å². The van der Waals surface area contributed by atoms with Crippen LogP contribution in [0.1, 0.15) is 291 Å². The summed E-state index contributed by atoms with van der Waals surface area (Å²) >= 11 is 0. The van der Waals surface area contributed by atoms with E-state index in [1.807, 2.05) is 0 Å². The minimum atomic E-state index is -0.761. The highest BCUT2D eigenvalue weighted by atomic mass is 16.6. The Morgan fingerprint density at radius 1 is 0.328 bits per heavy atom. The molecule has 0 aromatic carbocycles. The SMILES string of the molecule is CCCCCCCCCCCCCCCCCCC(=O)OC[C@H](COC(=O)CCCCCCCCCCCCCCCC)OC(=O)CCCCCCCCCC(C)C. The summed E-state index contributed by atoms with van der Waals surface area (Å²) < 4.78 is 16.8. The summed E-state index contributed by atoms with van der Waals surface area (Å²) in [6.07, 6.45) is 48.1. The fourth-order valence-corrected chi connectivity index (χ4v) is 7.86. The Morgan fingerprint density at radius 2 is 0.569 bits per heavy atom. The Morgan fingerprint density at radius 3 is 0.845 bits per heavy atom. The number of rotatable bonds is 47. The van der Waals surface area contributed by atoms with E-state index < -0.39 is 6.10 Å². The molecule has 0 aliphatic rings. The van der Waals surface area contributed by atoms with Crippen LogP contribution >= 0.6 is 0 Å². The van der Waals surface area contributed by atoms with Crippen molar-refractivity contribution in [3.63, 3.8) is 0 Å². The molecule has 0 unspecified atom stereocenters. The molecule has 0 aliphatic heterocycles. The van der Waals surface area contributed by atoms with Gasteiger partial charge in [0.1, 0.15) is 13.2 Å². The molecule has 0 spiro atoms. The largest absolute Gasteiger partial charge is 0.462 e. The van der Waals surface area contributed by atoms with Gasteiger partial charge in [0, 0.05) is 19.3 Å². The maximum absolute atomic E-state index is 12.7. The first-order valence-electron chi connectivity index (χ1n) is 25.9. The van der Waals surface area contributed by atoms with Gasteiger partial charge in [0.2, 0.25) is 0 Å². The van der Waals surface area contributed by atoms with Crippen molar-refractivity contribution in [2.24, 2.45) is 5.92 Å². The summed E-state index contributed by atoms with van der Waals surface area (Å²) in [5.74, 6) is -0.0697. The van der Waals surface area contributed by atoms with Gasteiger partial charge in [0.05, 0.1) is 0 Å². The number of hydrogen-bond donors (Lipinski definition) is 0. The summed E-state index contributed by atoms with van der Waals surface area (Å²) in [6, 6.07) is 0. The van der Waals surface area contributed by atoms with Crippen molar-refractivity contribution in [2.75, 3.05) is 13.2 Å². The smallest absolute Gasteiger partial charge is 0.306 e. The van der Waals surface area contributed by atoms with Crippen LogP contribution in [0.3, 0.4) is 0 Å². The van der Waals surface area contributed by atoms with Gasteiger partial charge in [0.25, 0.3) is 0 Å². The molecule has 6 nitrogen and oxygen atoms in total. The molecule has 0 aromatic rings. The highest BCUT2D eigenvalue weighted by molar-refractivity contribution is 5.71. The maximum Gasteiger partial charge on any atom is 0.306 e. The zero-order valence-electron chi connectivity index (χ0n) is 39.5. The second-order valence-electron chi connectivity index (χ2n) is 18.3. The van der Waals surface area contributed by atoms with Crippen LogP contribution in [0, 0.1) is 5.92 Å². The topological polar surface area (TPSA) is 78.9 Å². The Bertz CT molecular complexity index is 872. The highest BCUT2D eigenvalue weighted by Crippen LogP contribution is 2.17. The molecule has 0 amide bonds. The molecule has 0 N–H and O–H groups in total. The average molecular weight is 821 g/mol. The van der Waals surface area contributed by atoms with Crippen molar-refractivity contribution >= 4 is 17.9 Å². The second-order valence-corrected chi connectivity index (χ2v) is 18.3. The highest BCUT2D eigenvalue weighted by Gasteiger charge is 2.19. The van der Waals surface area contributed by atoms with E-state index in [1.165, 1.54) is 186 Å². The molecule has 0 rings (SSSR count). The minimum absolute atomic E-state index is 0.0635. The zero-order chi connectivity index (χ0) is 42.4. The Labute approximate surface area is 361 Å². The summed E-state index contributed by atoms with van der Waals surface area (Å²) in [5.41, 5.74) is 0. The predicted molar refractivity (Wildman–Crippen MR) is 247 cm³/mol.